The Kier molecular flexibility index (Phi) is 4.59. The Balaban J connectivity index is 2.12. The standard InChI is InChI=1S/C16H23NO2/c1-11-6-5-7-12(2)15(11)16(19)17-14-9-4-3-8-13(14)10-18/h5-7,13-14,18H,3-4,8-10H2,1-2H3,(H,17,19). The molecule has 0 radical (unpaired) electrons. The third kappa shape index (κ3) is 3.16. The second-order valence-corrected chi connectivity index (χ2v) is 5.57. The van der Waals surface area contributed by atoms with Crippen LogP contribution in [0.2, 0.25) is 0 Å². The van der Waals surface area contributed by atoms with E-state index in [1.807, 2.05) is 32.0 Å². The van der Waals surface area contributed by atoms with E-state index in [1.165, 1.54) is 0 Å². The minimum Gasteiger partial charge on any atom is -0.396 e. The van der Waals surface area contributed by atoms with Crippen molar-refractivity contribution in [1.29, 1.82) is 0 Å². The molecule has 19 heavy (non-hydrogen) atoms. The van der Waals surface area contributed by atoms with Crippen molar-refractivity contribution in [2.24, 2.45) is 5.92 Å². The van der Waals surface area contributed by atoms with Crippen LogP contribution in [0, 0.1) is 19.8 Å². The Morgan fingerprint density at radius 1 is 1.26 bits per heavy atom. The second-order valence-electron chi connectivity index (χ2n) is 5.57. The molecule has 1 aromatic carbocycles. The molecule has 1 fully saturated rings. The van der Waals surface area contributed by atoms with Gasteiger partial charge in [-0.2, -0.15) is 0 Å². The van der Waals surface area contributed by atoms with Gasteiger partial charge in [-0.25, -0.2) is 0 Å². The number of aliphatic hydroxyl groups excluding tert-OH is 1. The molecule has 3 heteroatoms. The first-order valence-electron chi connectivity index (χ1n) is 7.11. The van der Waals surface area contributed by atoms with Crippen molar-refractivity contribution in [3.8, 4) is 0 Å². The van der Waals surface area contributed by atoms with E-state index in [-0.39, 0.29) is 24.5 Å². The summed E-state index contributed by atoms with van der Waals surface area (Å²) in [5, 5.41) is 12.5. The SMILES string of the molecule is Cc1cccc(C)c1C(=O)NC1CCCCC1CO. The maximum absolute atomic E-state index is 12.4. The Bertz CT molecular complexity index is 436. The fourth-order valence-electron chi connectivity index (χ4n) is 3.03. The van der Waals surface area contributed by atoms with Gasteiger partial charge in [-0.15, -0.1) is 0 Å². The Morgan fingerprint density at radius 3 is 2.53 bits per heavy atom. The van der Waals surface area contributed by atoms with Gasteiger partial charge >= 0.3 is 0 Å². The predicted molar refractivity (Wildman–Crippen MR) is 76.2 cm³/mol. The lowest BCUT2D eigenvalue weighted by Gasteiger charge is -2.31. The van der Waals surface area contributed by atoms with Crippen molar-refractivity contribution >= 4 is 5.91 Å². The number of amides is 1. The number of rotatable bonds is 3. The molecule has 104 valence electrons. The molecule has 0 heterocycles. The third-order valence-electron chi connectivity index (χ3n) is 4.17. The highest BCUT2D eigenvalue weighted by Gasteiger charge is 2.26. The number of hydrogen-bond donors (Lipinski definition) is 2. The lowest BCUT2D eigenvalue weighted by atomic mass is 9.85. The number of carbonyl (C=O) groups excluding carboxylic acids is 1. The summed E-state index contributed by atoms with van der Waals surface area (Å²) in [5.74, 6) is 0.211. The molecule has 1 aliphatic rings. The van der Waals surface area contributed by atoms with Gasteiger partial charge in [0.2, 0.25) is 0 Å². The largest absolute Gasteiger partial charge is 0.396 e. The van der Waals surface area contributed by atoms with Crippen LogP contribution < -0.4 is 5.32 Å². The van der Waals surface area contributed by atoms with Crippen molar-refractivity contribution < 1.29 is 9.90 Å². The van der Waals surface area contributed by atoms with Crippen molar-refractivity contribution in [3.63, 3.8) is 0 Å². The molecule has 0 bridgehead atoms. The number of nitrogens with one attached hydrogen (secondary N) is 1. The molecule has 1 saturated carbocycles. The molecule has 2 unspecified atom stereocenters. The summed E-state index contributed by atoms with van der Waals surface area (Å²) in [5.41, 5.74) is 2.80. The molecule has 2 N–H and O–H groups in total. The molecular formula is C16H23NO2. The summed E-state index contributed by atoms with van der Waals surface area (Å²) in [6, 6.07) is 6.02. The summed E-state index contributed by atoms with van der Waals surface area (Å²) >= 11 is 0. The van der Waals surface area contributed by atoms with Crippen LogP contribution in [0.4, 0.5) is 0 Å². The van der Waals surface area contributed by atoms with Gasteiger partial charge in [0.05, 0.1) is 0 Å². The highest BCUT2D eigenvalue weighted by molar-refractivity contribution is 5.97. The average molecular weight is 261 g/mol. The maximum Gasteiger partial charge on any atom is 0.252 e. The highest BCUT2D eigenvalue weighted by atomic mass is 16.3. The van der Waals surface area contributed by atoms with Crippen LogP contribution >= 0.6 is 0 Å². The van der Waals surface area contributed by atoms with Gasteiger partial charge in [0, 0.05) is 24.1 Å². The number of carbonyl (C=O) groups is 1. The lowest BCUT2D eigenvalue weighted by molar-refractivity contribution is 0.0871. The van der Waals surface area contributed by atoms with Crippen LogP contribution in [0.15, 0.2) is 18.2 Å². The van der Waals surface area contributed by atoms with Gasteiger partial charge in [0.1, 0.15) is 0 Å². The van der Waals surface area contributed by atoms with Crippen LogP contribution in [-0.4, -0.2) is 23.7 Å². The van der Waals surface area contributed by atoms with Gasteiger partial charge in [-0.3, -0.25) is 4.79 Å². The Morgan fingerprint density at radius 2 is 1.89 bits per heavy atom. The van der Waals surface area contributed by atoms with Crippen molar-refractivity contribution in [1.82, 2.24) is 5.32 Å². The van der Waals surface area contributed by atoms with Gasteiger partial charge < -0.3 is 10.4 Å². The Hall–Kier alpha value is -1.35. The van der Waals surface area contributed by atoms with Crippen molar-refractivity contribution in [2.45, 2.75) is 45.6 Å². The summed E-state index contributed by atoms with van der Waals surface area (Å²) in [4.78, 5) is 12.4. The average Bonchev–Trinajstić information content (AvgIpc) is 2.39. The van der Waals surface area contributed by atoms with E-state index in [9.17, 15) is 9.90 Å². The van der Waals surface area contributed by atoms with E-state index in [1.54, 1.807) is 0 Å². The van der Waals surface area contributed by atoms with Gasteiger partial charge in [-0.1, -0.05) is 31.0 Å². The highest BCUT2D eigenvalue weighted by Crippen LogP contribution is 2.24. The number of hydrogen-bond acceptors (Lipinski definition) is 2. The molecule has 1 aromatic rings. The monoisotopic (exact) mass is 261 g/mol. The van der Waals surface area contributed by atoms with Gasteiger partial charge in [-0.05, 0) is 37.8 Å². The summed E-state index contributed by atoms with van der Waals surface area (Å²) in [6.07, 6.45) is 4.27. The molecule has 1 amide bonds. The molecule has 0 aromatic heterocycles. The predicted octanol–water partition coefficient (Wildman–Crippen LogP) is 2.58. The lowest BCUT2D eigenvalue weighted by Crippen LogP contribution is -2.43. The third-order valence-corrected chi connectivity index (χ3v) is 4.17. The molecule has 1 aliphatic carbocycles. The molecule has 0 saturated heterocycles. The fourth-order valence-corrected chi connectivity index (χ4v) is 3.03. The molecule has 0 aliphatic heterocycles. The van der Waals surface area contributed by atoms with Crippen LogP contribution in [0.5, 0.6) is 0 Å². The molecule has 3 nitrogen and oxygen atoms in total. The molecule has 2 rings (SSSR count). The van der Waals surface area contributed by atoms with Crippen molar-refractivity contribution in [2.75, 3.05) is 6.61 Å². The normalized spacial score (nSPS) is 23.1. The minimum absolute atomic E-state index is 0.000880. The fraction of sp³-hybridized carbons (Fsp3) is 0.562. The van der Waals surface area contributed by atoms with E-state index >= 15 is 0 Å². The zero-order valence-corrected chi connectivity index (χ0v) is 11.8. The minimum atomic E-state index is 0.000880. The topological polar surface area (TPSA) is 49.3 Å². The number of aliphatic hydroxyl groups is 1. The first-order valence-corrected chi connectivity index (χ1v) is 7.11. The van der Waals surface area contributed by atoms with Crippen LogP contribution in [0.1, 0.15) is 47.2 Å². The van der Waals surface area contributed by atoms with Crippen LogP contribution in [0.3, 0.4) is 0 Å². The molecular weight excluding hydrogens is 238 g/mol. The summed E-state index contributed by atoms with van der Waals surface area (Å²) in [7, 11) is 0. The summed E-state index contributed by atoms with van der Waals surface area (Å²) < 4.78 is 0. The van der Waals surface area contributed by atoms with Crippen LogP contribution in [0.25, 0.3) is 0 Å². The smallest absolute Gasteiger partial charge is 0.252 e. The molecule has 2 atom stereocenters. The first-order chi connectivity index (χ1) is 9.13. The zero-order valence-electron chi connectivity index (χ0n) is 11.8. The summed E-state index contributed by atoms with van der Waals surface area (Å²) in [6.45, 7) is 4.09. The van der Waals surface area contributed by atoms with Gasteiger partial charge in [0.15, 0.2) is 0 Å². The number of aryl methyl sites for hydroxylation is 2. The van der Waals surface area contributed by atoms with E-state index in [0.717, 1.165) is 42.4 Å². The molecule has 0 spiro atoms. The van der Waals surface area contributed by atoms with E-state index < -0.39 is 0 Å². The second kappa shape index (κ2) is 6.20. The van der Waals surface area contributed by atoms with Crippen LogP contribution in [-0.2, 0) is 0 Å². The van der Waals surface area contributed by atoms with Gasteiger partial charge in [0.25, 0.3) is 5.91 Å². The Labute approximate surface area is 115 Å². The first kappa shape index (κ1) is 14.1. The zero-order chi connectivity index (χ0) is 13.8. The van der Waals surface area contributed by atoms with E-state index in [2.05, 4.69) is 5.32 Å². The van der Waals surface area contributed by atoms with E-state index in [0.29, 0.717) is 0 Å². The van der Waals surface area contributed by atoms with Crippen molar-refractivity contribution in [3.05, 3.63) is 34.9 Å². The quantitative estimate of drug-likeness (QED) is 0.878. The van der Waals surface area contributed by atoms with E-state index in [4.69, 9.17) is 0 Å². The number of benzene rings is 1. The maximum atomic E-state index is 12.4.